The Morgan fingerprint density at radius 1 is 1.31 bits per heavy atom. The Morgan fingerprint density at radius 3 is 2.46 bits per heavy atom. The average molecular weight is 178 g/mol. The van der Waals surface area contributed by atoms with Gasteiger partial charge >= 0.3 is 0 Å². The van der Waals surface area contributed by atoms with Crippen LogP contribution in [0.2, 0.25) is 0 Å². The van der Waals surface area contributed by atoms with E-state index in [-0.39, 0.29) is 1.43 Å². The Bertz CT molecular complexity index is 319. The first-order chi connectivity index (χ1) is 6.15. The molecule has 0 atom stereocenters. The number of nitrogens with zero attached hydrogens (tertiary/aromatic N) is 2. The largest absolute Gasteiger partial charge is 0.192 e. The van der Waals surface area contributed by atoms with Gasteiger partial charge in [0, 0.05) is 8.47 Å². The van der Waals surface area contributed by atoms with Gasteiger partial charge in [-0.3, -0.25) is 0 Å². The van der Waals surface area contributed by atoms with E-state index in [2.05, 4.69) is 43.1 Å². The van der Waals surface area contributed by atoms with E-state index in [1.54, 1.807) is 7.05 Å². The average Bonchev–Trinajstić information content (AvgIpc) is 2.08. The van der Waals surface area contributed by atoms with Gasteiger partial charge in [-0.15, -0.1) is 0 Å². The standard InChI is InChI=1S/C11H16N2.H2/c1-8(2)10-5-6-11(13-12-4)9(3)7-10;/h5-8H,1-4H3;1H. The molecule has 0 spiro atoms. The summed E-state index contributed by atoms with van der Waals surface area (Å²) in [6.07, 6.45) is 0. The van der Waals surface area contributed by atoms with Gasteiger partial charge in [0.1, 0.15) is 0 Å². The number of rotatable bonds is 2. The molecule has 0 radical (unpaired) electrons. The molecule has 0 amide bonds. The summed E-state index contributed by atoms with van der Waals surface area (Å²) in [7, 11) is 1.69. The molecule has 0 aliphatic heterocycles. The molecular formula is C11H18N2. The summed E-state index contributed by atoms with van der Waals surface area (Å²) in [5.41, 5.74) is 3.51. The lowest BCUT2D eigenvalue weighted by Gasteiger charge is -2.07. The lowest BCUT2D eigenvalue weighted by molar-refractivity contribution is 0.864. The van der Waals surface area contributed by atoms with Gasteiger partial charge in [0.25, 0.3) is 0 Å². The molecule has 0 unspecified atom stereocenters. The summed E-state index contributed by atoms with van der Waals surface area (Å²) in [6, 6.07) is 6.31. The van der Waals surface area contributed by atoms with E-state index < -0.39 is 0 Å². The topological polar surface area (TPSA) is 24.7 Å². The monoisotopic (exact) mass is 178 g/mol. The van der Waals surface area contributed by atoms with Crippen molar-refractivity contribution in [3.63, 3.8) is 0 Å². The summed E-state index contributed by atoms with van der Waals surface area (Å²) in [6.45, 7) is 6.45. The number of aryl methyl sites for hydroxylation is 1. The molecule has 2 nitrogen and oxygen atoms in total. The van der Waals surface area contributed by atoms with Crippen molar-refractivity contribution in [1.82, 2.24) is 0 Å². The second-order valence-corrected chi connectivity index (χ2v) is 3.50. The third kappa shape index (κ3) is 2.38. The van der Waals surface area contributed by atoms with Crippen LogP contribution in [0.5, 0.6) is 0 Å². The Labute approximate surface area is 81.2 Å². The zero-order chi connectivity index (χ0) is 9.84. The van der Waals surface area contributed by atoms with Gasteiger partial charge in [-0.25, -0.2) is 0 Å². The predicted octanol–water partition coefficient (Wildman–Crippen LogP) is 4.08. The highest BCUT2D eigenvalue weighted by Crippen LogP contribution is 2.23. The molecule has 0 fully saturated rings. The lowest BCUT2D eigenvalue weighted by atomic mass is 10.0. The maximum Gasteiger partial charge on any atom is 0.0881 e. The van der Waals surface area contributed by atoms with Crippen LogP contribution in [0, 0.1) is 6.92 Å². The smallest absolute Gasteiger partial charge is 0.0881 e. The Balaban J connectivity index is 0.00000169. The third-order valence-corrected chi connectivity index (χ3v) is 2.10. The molecule has 0 aromatic heterocycles. The number of hydrogen-bond donors (Lipinski definition) is 0. The third-order valence-electron chi connectivity index (χ3n) is 2.10. The summed E-state index contributed by atoms with van der Waals surface area (Å²) in [4.78, 5) is 0. The Hall–Kier alpha value is -1.18. The van der Waals surface area contributed by atoms with Crippen molar-refractivity contribution < 1.29 is 1.43 Å². The van der Waals surface area contributed by atoms with Gasteiger partial charge < -0.3 is 0 Å². The number of hydrogen-bond acceptors (Lipinski definition) is 2. The molecular weight excluding hydrogens is 160 g/mol. The van der Waals surface area contributed by atoms with Crippen molar-refractivity contribution in [3.8, 4) is 0 Å². The minimum Gasteiger partial charge on any atom is -0.192 e. The molecule has 13 heavy (non-hydrogen) atoms. The fraction of sp³-hybridized carbons (Fsp3) is 0.455. The highest BCUT2D eigenvalue weighted by molar-refractivity contribution is 5.47. The fourth-order valence-electron chi connectivity index (χ4n) is 1.26. The van der Waals surface area contributed by atoms with Crippen LogP contribution in [0.1, 0.15) is 32.3 Å². The van der Waals surface area contributed by atoms with Crippen molar-refractivity contribution in [2.45, 2.75) is 26.7 Å². The number of benzene rings is 1. The summed E-state index contributed by atoms with van der Waals surface area (Å²) in [5.74, 6) is 0.575. The first-order valence-electron chi connectivity index (χ1n) is 4.55. The molecule has 0 aliphatic carbocycles. The first kappa shape index (κ1) is 9.90. The molecule has 1 aromatic rings. The van der Waals surface area contributed by atoms with Crippen LogP contribution in [0.15, 0.2) is 28.4 Å². The molecule has 1 aromatic carbocycles. The Kier molecular flexibility index (Phi) is 3.18. The zero-order valence-corrected chi connectivity index (χ0v) is 8.70. The summed E-state index contributed by atoms with van der Waals surface area (Å²) in [5, 5.41) is 7.80. The molecule has 0 saturated heterocycles. The second kappa shape index (κ2) is 4.17. The minimum atomic E-state index is 0. The van der Waals surface area contributed by atoms with Gasteiger partial charge in [0.05, 0.1) is 5.69 Å². The van der Waals surface area contributed by atoms with Crippen LogP contribution in [0.4, 0.5) is 5.69 Å². The normalized spacial score (nSPS) is 11.5. The Morgan fingerprint density at radius 2 is 2.00 bits per heavy atom. The van der Waals surface area contributed by atoms with E-state index in [4.69, 9.17) is 0 Å². The van der Waals surface area contributed by atoms with Gasteiger partial charge in [0.2, 0.25) is 0 Å². The van der Waals surface area contributed by atoms with Crippen LogP contribution in [-0.4, -0.2) is 7.05 Å². The predicted molar refractivity (Wildman–Crippen MR) is 57.8 cm³/mol. The molecule has 0 saturated carbocycles. The maximum absolute atomic E-state index is 4.03. The van der Waals surface area contributed by atoms with Crippen molar-refractivity contribution in [2.75, 3.05) is 7.05 Å². The van der Waals surface area contributed by atoms with Gasteiger partial charge in [-0.1, -0.05) is 26.0 Å². The van der Waals surface area contributed by atoms with E-state index in [0.717, 1.165) is 5.69 Å². The van der Waals surface area contributed by atoms with E-state index in [0.29, 0.717) is 5.92 Å². The summed E-state index contributed by atoms with van der Waals surface area (Å²) >= 11 is 0. The van der Waals surface area contributed by atoms with Gasteiger partial charge in [0.15, 0.2) is 0 Å². The van der Waals surface area contributed by atoms with Crippen LogP contribution in [0.25, 0.3) is 0 Å². The molecule has 0 N–H and O–H groups in total. The molecule has 2 heteroatoms. The zero-order valence-electron chi connectivity index (χ0n) is 8.70. The molecule has 0 bridgehead atoms. The van der Waals surface area contributed by atoms with Gasteiger partial charge in [-0.05, 0) is 30.0 Å². The van der Waals surface area contributed by atoms with Crippen molar-refractivity contribution in [1.29, 1.82) is 0 Å². The highest BCUT2D eigenvalue weighted by Gasteiger charge is 2.01. The van der Waals surface area contributed by atoms with Crippen LogP contribution in [-0.2, 0) is 0 Å². The second-order valence-electron chi connectivity index (χ2n) is 3.50. The number of azo groups is 1. The minimum absolute atomic E-state index is 0. The molecule has 1 rings (SSSR count). The SMILES string of the molecule is CN=Nc1ccc(C(C)C)cc1C.[HH]. The molecule has 72 valence electrons. The van der Waals surface area contributed by atoms with Crippen LogP contribution < -0.4 is 0 Å². The quantitative estimate of drug-likeness (QED) is 0.610. The van der Waals surface area contributed by atoms with Crippen molar-refractivity contribution in [3.05, 3.63) is 29.3 Å². The highest BCUT2D eigenvalue weighted by atomic mass is 15.1. The van der Waals surface area contributed by atoms with Crippen molar-refractivity contribution >= 4 is 5.69 Å². The van der Waals surface area contributed by atoms with E-state index in [9.17, 15) is 0 Å². The summed E-state index contributed by atoms with van der Waals surface area (Å²) < 4.78 is 0. The van der Waals surface area contributed by atoms with Crippen molar-refractivity contribution in [2.24, 2.45) is 10.2 Å². The van der Waals surface area contributed by atoms with E-state index in [1.165, 1.54) is 11.1 Å². The lowest BCUT2D eigenvalue weighted by Crippen LogP contribution is -1.87. The molecule has 0 heterocycles. The van der Waals surface area contributed by atoms with E-state index >= 15 is 0 Å². The van der Waals surface area contributed by atoms with E-state index in [1.807, 2.05) is 6.07 Å². The van der Waals surface area contributed by atoms with Crippen LogP contribution in [0.3, 0.4) is 0 Å². The molecule has 0 aliphatic rings. The first-order valence-corrected chi connectivity index (χ1v) is 4.55. The van der Waals surface area contributed by atoms with Crippen LogP contribution >= 0.6 is 0 Å². The maximum atomic E-state index is 4.03. The fourth-order valence-corrected chi connectivity index (χ4v) is 1.26. The van der Waals surface area contributed by atoms with Gasteiger partial charge in [-0.2, -0.15) is 10.2 Å².